The van der Waals surface area contributed by atoms with Crippen molar-refractivity contribution in [3.05, 3.63) is 0 Å². The van der Waals surface area contributed by atoms with Crippen LogP contribution in [0.25, 0.3) is 0 Å². The average Bonchev–Trinajstić information content (AvgIpc) is 2.53. The van der Waals surface area contributed by atoms with Gasteiger partial charge in [0.05, 0.1) is 16.3 Å². The first-order valence-electron chi connectivity index (χ1n) is 5.58. The lowest BCUT2D eigenvalue weighted by Gasteiger charge is -2.16. The molecule has 2 saturated heterocycles. The first-order valence-corrected chi connectivity index (χ1v) is 9.10. The molecule has 2 aliphatic heterocycles. The molecule has 0 amide bonds. The van der Waals surface area contributed by atoms with Crippen molar-refractivity contribution in [1.82, 2.24) is 0 Å². The Morgan fingerprint density at radius 1 is 1.41 bits per heavy atom. The van der Waals surface area contributed by atoms with E-state index in [0.717, 1.165) is 13.1 Å². The van der Waals surface area contributed by atoms with E-state index in [9.17, 15) is 8.42 Å². The Hall–Kier alpha value is 0.320. The zero-order valence-corrected chi connectivity index (χ0v) is 12.3. The smallest absolute Gasteiger partial charge is 0.229 e. The Kier molecular flexibility index (Phi) is 4.64. The minimum Gasteiger partial charge on any atom is -0.229 e. The highest BCUT2D eigenvalue weighted by Crippen LogP contribution is 2.52. The molecule has 0 N–H and O–H groups in total. The van der Waals surface area contributed by atoms with Crippen LogP contribution in [-0.2, 0) is 9.84 Å². The summed E-state index contributed by atoms with van der Waals surface area (Å²) in [6, 6.07) is 0. The molecule has 0 bridgehead atoms. The molecule has 100 valence electrons. The summed E-state index contributed by atoms with van der Waals surface area (Å²) in [7, 11) is -2.80. The van der Waals surface area contributed by atoms with Crippen molar-refractivity contribution in [2.75, 3.05) is 24.6 Å². The highest BCUT2D eigenvalue weighted by Gasteiger charge is 2.56. The first-order chi connectivity index (χ1) is 7.40. The van der Waals surface area contributed by atoms with Gasteiger partial charge in [-0.25, -0.2) is 13.0 Å². The molecule has 0 aromatic carbocycles. The van der Waals surface area contributed by atoms with Crippen molar-refractivity contribution in [3.63, 3.8) is 0 Å². The summed E-state index contributed by atoms with van der Waals surface area (Å²) < 4.78 is 26.8. The van der Waals surface area contributed by atoms with Crippen LogP contribution in [0.2, 0.25) is 0 Å². The monoisotopic (exact) mass is 296 g/mol. The van der Waals surface area contributed by atoms with Crippen molar-refractivity contribution in [2.24, 2.45) is 0 Å². The van der Waals surface area contributed by atoms with Crippen LogP contribution in [0.15, 0.2) is 0 Å². The van der Waals surface area contributed by atoms with E-state index in [1.165, 1.54) is 4.38 Å². The van der Waals surface area contributed by atoms with E-state index < -0.39 is 9.84 Å². The lowest BCUT2D eigenvalue weighted by Crippen LogP contribution is -2.27. The molecule has 6 heteroatoms. The Morgan fingerprint density at radius 2 is 2.00 bits per heavy atom. The second kappa shape index (κ2) is 5.13. The molecule has 0 radical (unpaired) electrons. The molecule has 17 heavy (non-hydrogen) atoms. The van der Waals surface area contributed by atoms with E-state index in [-0.39, 0.29) is 17.4 Å². The van der Waals surface area contributed by atoms with Gasteiger partial charge >= 0.3 is 0 Å². The lowest BCUT2D eigenvalue weighted by molar-refractivity contribution is -0.515. The van der Waals surface area contributed by atoms with Gasteiger partial charge in [0.1, 0.15) is 13.1 Å². The number of sulfone groups is 1. The van der Waals surface area contributed by atoms with E-state index >= 15 is 0 Å². The standard InChI is InChI=1S/C10H18NO2S3.CH4/c1-4-11(5-2)9-14-8-6-16(12,13)7-10(8,3)15-9;/h8H,4-7H2,1-3H3;1H4/q+1;. The van der Waals surface area contributed by atoms with E-state index in [1.807, 2.05) is 0 Å². The fraction of sp³-hybridized carbons (Fsp3) is 0.909. The van der Waals surface area contributed by atoms with Gasteiger partial charge in [0.2, 0.25) is 0 Å². The van der Waals surface area contributed by atoms with Gasteiger partial charge in [-0.3, -0.25) is 0 Å². The summed E-state index contributed by atoms with van der Waals surface area (Å²) in [5.74, 6) is 0.693. The number of rotatable bonds is 2. The number of hydrogen-bond acceptors (Lipinski definition) is 4. The molecule has 2 fully saturated rings. The molecule has 0 aromatic heterocycles. The summed E-state index contributed by atoms with van der Waals surface area (Å²) in [6.07, 6.45) is 0. The topological polar surface area (TPSA) is 37.1 Å². The van der Waals surface area contributed by atoms with Crippen molar-refractivity contribution in [2.45, 2.75) is 38.2 Å². The quantitative estimate of drug-likeness (QED) is 0.731. The van der Waals surface area contributed by atoms with Crippen LogP contribution in [0.4, 0.5) is 0 Å². The Balaban J connectivity index is 0.00000144. The summed E-state index contributed by atoms with van der Waals surface area (Å²) in [5, 5.41) is 0.248. The Morgan fingerprint density at radius 3 is 2.47 bits per heavy atom. The van der Waals surface area contributed by atoms with E-state index in [0.29, 0.717) is 11.5 Å². The number of nitrogens with zero attached hydrogens (tertiary/aromatic N) is 1. The van der Waals surface area contributed by atoms with E-state index in [1.54, 1.807) is 23.5 Å². The van der Waals surface area contributed by atoms with Crippen LogP contribution in [-0.4, -0.2) is 52.0 Å². The maximum atomic E-state index is 11.6. The maximum absolute atomic E-state index is 11.6. The van der Waals surface area contributed by atoms with Gasteiger partial charge in [0.25, 0.3) is 4.38 Å². The van der Waals surface area contributed by atoms with Crippen molar-refractivity contribution in [3.8, 4) is 0 Å². The summed E-state index contributed by atoms with van der Waals surface area (Å²) in [4.78, 5) is 0. The van der Waals surface area contributed by atoms with Gasteiger partial charge in [-0.2, -0.15) is 0 Å². The van der Waals surface area contributed by atoms with E-state index in [2.05, 4.69) is 25.3 Å². The minimum atomic E-state index is -2.80. The Bertz CT molecular complexity index is 424. The van der Waals surface area contributed by atoms with Crippen LogP contribution in [0.5, 0.6) is 0 Å². The molecule has 0 aromatic rings. The van der Waals surface area contributed by atoms with Gasteiger partial charge in [-0.1, -0.05) is 7.43 Å². The first kappa shape index (κ1) is 15.4. The van der Waals surface area contributed by atoms with Gasteiger partial charge in [0, 0.05) is 5.25 Å². The molecular formula is C11H22NO2S3+. The van der Waals surface area contributed by atoms with Gasteiger partial charge in [-0.15, -0.1) is 0 Å². The molecule has 2 heterocycles. The zero-order valence-electron chi connectivity index (χ0n) is 9.89. The lowest BCUT2D eigenvalue weighted by atomic mass is 10.1. The number of fused-ring (bicyclic) bond motifs is 1. The zero-order chi connectivity index (χ0) is 12.0. The molecule has 2 rings (SSSR count). The molecular weight excluding hydrogens is 274 g/mol. The largest absolute Gasteiger partial charge is 0.270 e. The second-order valence-electron chi connectivity index (χ2n) is 4.51. The number of hydrogen-bond donors (Lipinski definition) is 0. The van der Waals surface area contributed by atoms with Crippen LogP contribution in [0.1, 0.15) is 28.2 Å². The highest BCUT2D eigenvalue weighted by molar-refractivity contribution is 8.42. The Labute approximate surface area is 113 Å². The van der Waals surface area contributed by atoms with Gasteiger partial charge in [-0.05, 0) is 44.3 Å². The SMILES string of the molecule is C.CC[N+](CC)=C1SC2CS(=O)(=O)CC2(C)S1. The average molecular weight is 297 g/mol. The number of thioether (sulfide) groups is 2. The van der Waals surface area contributed by atoms with E-state index in [4.69, 9.17) is 0 Å². The normalized spacial score (nSPS) is 34.3. The van der Waals surface area contributed by atoms with Gasteiger partial charge < -0.3 is 0 Å². The second-order valence-corrected chi connectivity index (χ2v) is 9.60. The third-order valence-corrected chi connectivity index (χ3v) is 8.90. The summed E-state index contributed by atoms with van der Waals surface area (Å²) in [6.45, 7) is 8.38. The van der Waals surface area contributed by atoms with Crippen LogP contribution in [0, 0.1) is 0 Å². The van der Waals surface area contributed by atoms with Crippen LogP contribution in [0.3, 0.4) is 0 Å². The molecule has 3 nitrogen and oxygen atoms in total. The third-order valence-electron chi connectivity index (χ3n) is 3.18. The maximum Gasteiger partial charge on any atom is 0.270 e. The molecule has 0 spiro atoms. The van der Waals surface area contributed by atoms with Gasteiger partial charge in [0.15, 0.2) is 9.84 Å². The van der Waals surface area contributed by atoms with Crippen molar-refractivity contribution in [1.29, 1.82) is 0 Å². The molecule has 0 aliphatic carbocycles. The third kappa shape index (κ3) is 2.84. The van der Waals surface area contributed by atoms with Crippen LogP contribution >= 0.6 is 23.5 Å². The van der Waals surface area contributed by atoms with Crippen molar-refractivity contribution >= 4 is 37.7 Å². The minimum absolute atomic E-state index is 0. The molecule has 2 unspecified atom stereocenters. The highest BCUT2D eigenvalue weighted by atomic mass is 32.2. The predicted octanol–water partition coefficient (Wildman–Crippen LogP) is 2.07. The fourth-order valence-electron chi connectivity index (χ4n) is 2.22. The molecule has 2 aliphatic rings. The molecule has 2 atom stereocenters. The predicted molar refractivity (Wildman–Crippen MR) is 79.1 cm³/mol. The summed E-state index contributed by atoms with van der Waals surface area (Å²) in [5.41, 5.74) is 0. The fourth-order valence-corrected chi connectivity index (χ4v) is 9.50. The van der Waals surface area contributed by atoms with Crippen LogP contribution < -0.4 is 0 Å². The summed E-state index contributed by atoms with van der Waals surface area (Å²) >= 11 is 3.54. The van der Waals surface area contributed by atoms with Crippen molar-refractivity contribution < 1.29 is 13.0 Å². The molecule has 0 saturated carbocycles.